The van der Waals surface area contributed by atoms with Crippen LogP contribution in [0.25, 0.3) is 0 Å². The van der Waals surface area contributed by atoms with E-state index in [0.29, 0.717) is 13.2 Å². The zero-order valence-corrected chi connectivity index (χ0v) is 17.5. The van der Waals surface area contributed by atoms with Crippen LogP contribution in [0.2, 0.25) is 0 Å². The molecular formula is C20H35NO7. The first kappa shape index (κ1) is 20.9. The molecule has 0 saturated carbocycles. The predicted molar refractivity (Wildman–Crippen MR) is 99.6 cm³/mol. The van der Waals surface area contributed by atoms with Gasteiger partial charge in [0.2, 0.25) is 0 Å². The number of fused-ring (bicyclic) bond motifs is 3. The lowest BCUT2D eigenvalue weighted by atomic mass is 9.99. The molecule has 28 heavy (non-hydrogen) atoms. The summed E-state index contributed by atoms with van der Waals surface area (Å²) >= 11 is 0. The second-order valence-corrected chi connectivity index (χ2v) is 9.26. The molecule has 6 atom stereocenters. The molecule has 4 saturated heterocycles. The van der Waals surface area contributed by atoms with Gasteiger partial charge < -0.3 is 38.4 Å². The van der Waals surface area contributed by atoms with Crippen molar-refractivity contribution < 1.29 is 33.5 Å². The molecule has 0 radical (unpaired) electrons. The molecule has 0 aromatic heterocycles. The van der Waals surface area contributed by atoms with E-state index >= 15 is 0 Å². The molecule has 8 heteroatoms. The molecule has 0 aromatic rings. The van der Waals surface area contributed by atoms with Gasteiger partial charge in [0.25, 0.3) is 0 Å². The highest BCUT2D eigenvalue weighted by Gasteiger charge is 2.60. The summed E-state index contributed by atoms with van der Waals surface area (Å²) in [7, 11) is 0. The van der Waals surface area contributed by atoms with Crippen molar-refractivity contribution in [2.24, 2.45) is 0 Å². The molecule has 4 aliphatic heterocycles. The maximum Gasteiger partial charge on any atom is 0.190 e. The Labute approximate surface area is 167 Å². The Balaban J connectivity index is 1.31. The van der Waals surface area contributed by atoms with Crippen molar-refractivity contribution >= 4 is 0 Å². The second kappa shape index (κ2) is 8.07. The highest BCUT2D eigenvalue weighted by Crippen LogP contribution is 2.44. The molecule has 2 unspecified atom stereocenters. The van der Waals surface area contributed by atoms with Crippen LogP contribution in [0.3, 0.4) is 0 Å². The van der Waals surface area contributed by atoms with Crippen molar-refractivity contribution in [2.45, 2.75) is 95.3 Å². The third kappa shape index (κ3) is 4.70. The molecule has 0 aromatic carbocycles. The molecule has 4 aliphatic rings. The van der Waals surface area contributed by atoms with Crippen LogP contribution >= 0.6 is 0 Å². The Kier molecular flexibility index (Phi) is 6.04. The summed E-state index contributed by atoms with van der Waals surface area (Å²) in [6, 6.07) is 0. The number of aliphatic hydroxyl groups is 1. The second-order valence-electron chi connectivity index (χ2n) is 9.26. The molecule has 0 amide bonds. The fraction of sp³-hybridized carbons (Fsp3) is 1.00. The van der Waals surface area contributed by atoms with Crippen molar-refractivity contribution in [3.63, 3.8) is 0 Å². The van der Waals surface area contributed by atoms with E-state index in [-0.39, 0.29) is 31.0 Å². The minimum Gasteiger partial charge on any atom is -0.389 e. The molecule has 0 spiro atoms. The lowest BCUT2D eigenvalue weighted by Crippen LogP contribution is -2.56. The number of rotatable bonds is 6. The number of ether oxygens (including phenoxy) is 6. The summed E-state index contributed by atoms with van der Waals surface area (Å²) in [5.41, 5.74) is 0. The largest absolute Gasteiger partial charge is 0.389 e. The summed E-state index contributed by atoms with van der Waals surface area (Å²) < 4.78 is 36.0. The van der Waals surface area contributed by atoms with E-state index in [4.69, 9.17) is 28.4 Å². The molecule has 0 aliphatic carbocycles. The molecule has 162 valence electrons. The summed E-state index contributed by atoms with van der Waals surface area (Å²) in [5.74, 6) is -1.44. The van der Waals surface area contributed by atoms with Crippen LogP contribution < -0.4 is 0 Å². The van der Waals surface area contributed by atoms with Crippen LogP contribution in [-0.4, -0.2) is 91.2 Å². The van der Waals surface area contributed by atoms with Gasteiger partial charge in [0.05, 0.1) is 19.3 Å². The van der Waals surface area contributed by atoms with Crippen molar-refractivity contribution in [1.82, 2.24) is 4.90 Å². The van der Waals surface area contributed by atoms with Crippen molar-refractivity contribution in [3.8, 4) is 0 Å². The first-order valence-electron chi connectivity index (χ1n) is 10.6. The van der Waals surface area contributed by atoms with Crippen molar-refractivity contribution in [2.75, 3.05) is 32.8 Å². The zero-order chi connectivity index (χ0) is 19.9. The number of hydrogen-bond donors (Lipinski definition) is 1. The van der Waals surface area contributed by atoms with Crippen LogP contribution in [0.4, 0.5) is 0 Å². The van der Waals surface area contributed by atoms with Gasteiger partial charge in [-0.25, -0.2) is 0 Å². The fourth-order valence-corrected chi connectivity index (χ4v) is 4.64. The maximum atomic E-state index is 10.3. The van der Waals surface area contributed by atoms with Crippen LogP contribution in [0.15, 0.2) is 0 Å². The van der Waals surface area contributed by atoms with Gasteiger partial charge in [0.15, 0.2) is 17.9 Å². The van der Waals surface area contributed by atoms with E-state index in [1.807, 2.05) is 27.7 Å². The lowest BCUT2D eigenvalue weighted by Gasteiger charge is -2.37. The number of likely N-dealkylation sites (tertiary alicyclic amines) is 1. The average molecular weight is 402 g/mol. The Morgan fingerprint density at radius 1 is 0.929 bits per heavy atom. The monoisotopic (exact) mass is 401 g/mol. The fourth-order valence-electron chi connectivity index (χ4n) is 4.64. The van der Waals surface area contributed by atoms with E-state index < -0.39 is 24.0 Å². The maximum absolute atomic E-state index is 10.3. The number of piperidine rings is 1. The minimum absolute atomic E-state index is 0.273. The number of β-amino-alcohol motifs (C(OH)–C–C–N with tert-alkyl or cyclic N) is 1. The minimum atomic E-state index is -0.726. The molecule has 4 fully saturated rings. The van der Waals surface area contributed by atoms with Gasteiger partial charge in [0, 0.05) is 6.54 Å². The van der Waals surface area contributed by atoms with Crippen LogP contribution in [0.5, 0.6) is 0 Å². The van der Waals surface area contributed by atoms with Crippen LogP contribution in [-0.2, 0) is 28.4 Å². The smallest absolute Gasteiger partial charge is 0.190 e. The van der Waals surface area contributed by atoms with Gasteiger partial charge in [-0.2, -0.15) is 0 Å². The summed E-state index contributed by atoms with van der Waals surface area (Å²) in [6.07, 6.45) is 1.44. The molecule has 4 rings (SSSR count). The SMILES string of the molecule is CC1(C)O[C@H]2OC(COCC(O)CN3CCCCC3)[C@@H]3OC(C)(C)O[C@@H]3[C@H]2O1. The van der Waals surface area contributed by atoms with E-state index in [1.54, 1.807) is 0 Å². The molecule has 0 bridgehead atoms. The summed E-state index contributed by atoms with van der Waals surface area (Å²) in [4.78, 5) is 2.30. The van der Waals surface area contributed by atoms with Gasteiger partial charge in [-0.05, 0) is 53.6 Å². The van der Waals surface area contributed by atoms with Crippen LogP contribution in [0, 0.1) is 0 Å². The Hall–Kier alpha value is -0.320. The Bertz CT molecular complexity index is 537. The normalized spacial score (nSPS) is 40.8. The molecular weight excluding hydrogens is 366 g/mol. The summed E-state index contributed by atoms with van der Waals surface area (Å²) in [5, 5.41) is 10.3. The standard InChI is InChI=1S/C20H35NO7/c1-19(2)25-15-14(12-23-11-13(22)10-21-8-6-5-7-9-21)24-18-17(16(15)26-19)27-20(3,4)28-18/h13-18,22H,5-12H2,1-4H3/t13?,14?,15-,16-,17+,18+/m0/s1. The first-order valence-corrected chi connectivity index (χ1v) is 10.6. The third-order valence-corrected chi connectivity index (χ3v) is 5.76. The average Bonchev–Trinajstić information content (AvgIpc) is 3.10. The van der Waals surface area contributed by atoms with E-state index in [2.05, 4.69) is 4.90 Å². The molecule has 4 heterocycles. The predicted octanol–water partition coefficient (Wildman–Crippen LogP) is 1.25. The van der Waals surface area contributed by atoms with Crippen LogP contribution in [0.1, 0.15) is 47.0 Å². The number of hydrogen-bond acceptors (Lipinski definition) is 8. The van der Waals surface area contributed by atoms with Gasteiger partial charge >= 0.3 is 0 Å². The highest BCUT2D eigenvalue weighted by atomic mass is 16.9. The Morgan fingerprint density at radius 3 is 2.32 bits per heavy atom. The quantitative estimate of drug-likeness (QED) is 0.712. The first-order chi connectivity index (χ1) is 13.2. The van der Waals surface area contributed by atoms with E-state index in [9.17, 15) is 5.11 Å². The van der Waals surface area contributed by atoms with Crippen molar-refractivity contribution in [1.29, 1.82) is 0 Å². The lowest BCUT2D eigenvalue weighted by molar-refractivity contribution is -0.244. The zero-order valence-electron chi connectivity index (χ0n) is 17.5. The molecule has 1 N–H and O–H groups in total. The third-order valence-electron chi connectivity index (χ3n) is 5.76. The number of nitrogens with zero attached hydrogens (tertiary/aromatic N) is 1. The van der Waals surface area contributed by atoms with Gasteiger partial charge in [-0.3, -0.25) is 0 Å². The highest BCUT2D eigenvalue weighted by molar-refractivity contribution is 5.00. The van der Waals surface area contributed by atoms with E-state index in [0.717, 1.165) is 13.1 Å². The van der Waals surface area contributed by atoms with E-state index in [1.165, 1.54) is 19.3 Å². The van der Waals surface area contributed by atoms with Gasteiger partial charge in [-0.1, -0.05) is 6.42 Å². The van der Waals surface area contributed by atoms with Gasteiger partial charge in [-0.15, -0.1) is 0 Å². The topological polar surface area (TPSA) is 78.9 Å². The van der Waals surface area contributed by atoms with Gasteiger partial charge in [0.1, 0.15) is 24.4 Å². The Morgan fingerprint density at radius 2 is 1.57 bits per heavy atom. The summed E-state index contributed by atoms with van der Waals surface area (Å²) in [6.45, 7) is 10.9. The molecule has 8 nitrogen and oxygen atoms in total. The number of aliphatic hydroxyl groups excluding tert-OH is 1. The van der Waals surface area contributed by atoms with Crippen molar-refractivity contribution in [3.05, 3.63) is 0 Å².